The second kappa shape index (κ2) is 4.03. The lowest BCUT2D eigenvalue weighted by molar-refractivity contribution is -0.355. The number of halogens is 4. The van der Waals surface area contributed by atoms with Gasteiger partial charge in [-0.25, -0.2) is 0 Å². The summed E-state index contributed by atoms with van der Waals surface area (Å²) in [4.78, 5) is 4.03. The summed E-state index contributed by atoms with van der Waals surface area (Å²) in [7, 11) is 0. The largest absolute Gasteiger partial charge is 0.507 e. The fourth-order valence-electron chi connectivity index (χ4n) is 1.46. The molecule has 0 radical (unpaired) electrons. The van der Waals surface area contributed by atoms with Gasteiger partial charge in [0.15, 0.2) is 0 Å². The first-order valence-electron chi connectivity index (χ1n) is 4.76. The minimum absolute atomic E-state index is 0.0114. The van der Waals surface area contributed by atoms with Crippen LogP contribution in [0.2, 0.25) is 5.02 Å². The molecule has 98 valence electrons. The number of benzene rings is 1. The van der Waals surface area contributed by atoms with E-state index < -0.39 is 18.4 Å². The molecule has 1 aromatic rings. The van der Waals surface area contributed by atoms with Crippen molar-refractivity contribution in [2.75, 3.05) is 0 Å². The first kappa shape index (κ1) is 13.0. The summed E-state index contributed by atoms with van der Waals surface area (Å²) >= 11 is 5.66. The Morgan fingerprint density at radius 2 is 2.06 bits per heavy atom. The lowest BCUT2D eigenvalue weighted by atomic mass is 10.0. The van der Waals surface area contributed by atoms with Crippen LogP contribution in [0, 0.1) is 0 Å². The van der Waals surface area contributed by atoms with Crippen molar-refractivity contribution in [3.63, 3.8) is 0 Å². The Balaban J connectivity index is 2.31. The van der Waals surface area contributed by atoms with Gasteiger partial charge in [0, 0.05) is 10.6 Å². The Kier molecular flexibility index (Phi) is 2.90. The first-order valence-corrected chi connectivity index (χ1v) is 5.14. The van der Waals surface area contributed by atoms with Gasteiger partial charge in [-0.1, -0.05) is 16.8 Å². The average molecular weight is 282 g/mol. The minimum atomic E-state index is -4.98. The van der Waals surface area contributed by atoms with Crippen molar-refractivity contribution in [2.24, 2.45) is 5.16 Å². The van der Waals surface area contributed by atoms with Crippen molar-refractivity contribution in [2.45, 2.75) is 18.4 Å². The molecule has 2 rings (SSSR count). The normalized spacial score (nSPS) is 23.7. The van der Waals surface area contributed by atoms with Gasteiger partial charge in [-0.2, -0.15) is 13.2 Å². The number of rotatable bonds is 1. The lowest BCUT2D eigenvalue weighted by Gasteiger charge is -2.22. The van der Waals surface area contributed by atoms with E-state index in [0.29, 0.717) is 0 Å². The molecule has 1 aliphatic heterocycles. The summed E-state index contributed by atoms with van der Waals surface area (Å²) in [5.41, 5.74) is -0.238. The quantitative estimate of drug-likeness (QED) is 0.831. The standard InChI is InChI=1S/C10H7ClF3NO3/c11-5-1-2-8(16)6(3-5)7-4-9(17,18-15-7)10(12,13)14/h1-3,16-17H,4H2/t9-/m1/s1. The van der Waals surface area contributed by atoms with Gasteiger partial charge in [0.1, 0.15) is 5.75 Å². The molecule has 18 heavy (non-hydrogen) atoms. The van der Waals surface area contributed by atoms with E-state index in [1.54, 1.807) is 0 Å². The average Bonchev–Trinajstić information content (AvgIpc) is 2.65. The molecular formula is C10H7ClF3NO3. The number of aliphatic hydroxyl groups is 1. The molecule has 4 nitrogen and oxygen atoms in total. The molecule has 0 aromatic heterocycles. The maximum Gasteiger partial charge on any atom is 0.458 e. The van der Waals surface area contributed by atoms with Gasteiger partial charge in [-0.3, -0.25) is 0 Å². The Hall–Kier alpha value is -1.47. The Morgan fingerprint density at radius 3 is 2.61 bits per heavy atom. The number of oxime groups is 1. The van der Waals surface area contributed by atoms with E-state index in [1.165, 1.54) is 18.2 Å². The van der Waals surface area contributed by atoms with E-state index in [2.05, 4.69) is 9.99 Å². The number of phenolic OH excluding ortho intramolecular Hbond substituents is 1. The maximum atomic E-state index is 12.5. The van der Waals surface area contributed by atoms with Crippen LogP contribution in [0.5, 0.6) is 5.75 Å². The Bertz CT molecular complexity index is 518. The molecule has 8 heteroatoms. The molecule has 0 bridgehead atoms. The van der Waals surface area contributed by atoms with Crippen molar-refractivity contribution in [3.05, 3.63) is 28.8 Å². The van der Waals surface area contributed by atoms with Crippen LogP contribution in [-0.2, 0) is 4.84 Å². The van der Waals surface area contributed by atoms with E-state index in [4.69, 9.17) is 11.6 Å². The highest BCUT2D eigenvalue weighted by Crippen LogP contribution is 2.40. The molecule has 0 amide bonds. The second-order valence-electron chi connectivity index (χ2n) is 3.75. The predicted molar refractivity (Wildman–Crippen MR) is 56.4 cm³/mol. The molecule has 0 fully saturated rings. The highest BCUT2D eigenvalue weighted by atomic mass is 35.5. The molecule has 0 saturated carbocycles. The number of alkyl halides is 3. The van der Waals surface area contributed by atoms with Gasteiger partial charge in [-0.05, 0) is 18.2 Å². The van der Waals surface area contributed by atoms with Gasteiger partial charge >= 0.3 is 12.0 Å². The highest BCUT2D eigenvalue weighted by molar-refractivity contribution is 6.31. The molecule has 2 N–H and O–H groups in total. The van der Waals surface area contributed by atoms with Crippen molar-refractivity contribution >= 4 is 17.3 Å². The van der Waals surface area contributed by atoms with E-state index in [0.717, 1.165) is 0 Å². The van der Waals surface area contributed by atoms with Crippen LogP contribution in [0.15, 0.2) is 23.4 Å². The molecule has 0 unspecified atom stereocenters. The van der Waals surface area contributed by atoms with Gasteiger partial charge in [0.05, 0.1) is 12.1 Å². The molecule has 1 heterocycles. The minimum Gasteiger partial charge on any atom is -0.507 e. The number of hydrogen-bond acceptors (Lipinski definition) is 4. The molecule has 1 aromatic carbocycles. The van der Waals surface area contributed by atoms with E-state index in [-0.39, 0.29) is 22.0 Å². The first-order chi connectivity index (χ1) is 8.23. The fourth-order valence-corrected chi connectivity index (χ4v) is 1.63. The van der Waals surface area contributed by atoms with Gasteiger partial charge in [0.2, 0.25) is 0 Å². The van der Waals surface area contributed by atoms with Crippen molar-refractivity contribution in [3.8, 4) is 5.75 Å². The summed E-state index contributed by atoms with van der Waals surface area (Å²) in [5, 5.41) is 22.1. The van der Waals surface area contributed by atoms with Gasteiger partial charge < -0.3 is 15.1 Å². The smallest absolute Gasteiger partial charge is 0.458 e. The highest BCUT2D eigenvalue weighted by Gasteiger charge is 2.60. The molecule has 1 atom stereocenters. The number of hydrogen-bond donors (Lipinski definition) is 2. The second-order valence-corrected chi connectivity index (χ2v) is 4.19. The van der Waals surface area contributed by atoms with Crippen molar-refractivity contribution in [1.29, 1.82) is 0 Å². The number of phenols is 1. The zero-order valence-electron chi connectivity index (χ0n) is 8.70. The number of aromatic hydroxyl groups is 1. The summed E-state index contributed by atoms with van der Waals surface area (Å²) in [6.07, 6.45) is -5.89. The van der Waals surface area contributed by atoms with Crippen LogP contribution >= 0.6 is 11.6 Å². The van der Waals surface area contributed by atoms with Crippen molar-refractivity contribution in [1.82, 2.24) is 0 Å². The van der Waals surface area contributed by atoms with Gasteiger partial charge in [-0.15, -0.1) is 0 Å². The third-order valence-corrected chi connectivity index (χ3v) is 2.66. The summed E-state index contributed by atoms with van der Waals surface area (Å²) in [6.45, 7) is 0. The molecule has 0 saturated heterocycles. The van der Waals surface area contributed by atoms with Crippen LogP contribution < -0.4 is 0 Å². The third kappa shape index (κ3) is 2.11. The van der Waals surface area contributed by atoms with Crippen LogP contribution in [-0.4, -0.2) is 27.9 Å². The topological polar surface area (TPSA) is 62.1 Å². The van der Waals surface area contributed by atoms with E-state index in [1.807, 2.05) is 0 Å². The predicted octanol–water partition coefficient (Wildman–Crippen LogP) is 2.42. The summed E-state index contributed by atoms with van der Waals surface area (Å²) in [6, 6.07) is 3.82. The zero-order chi connectivity index (χ0) is 13.6. The van der Waals surface area contributed by atoms with Crippen LogP contribution in [0.25, 0.3) is 0 Å². The zero-order valence-corrected chi connectivity index (χ0v) is 9.46. The van der Waals surface area contributed by atoms with Crippen LogP contribution in [0.4, 0.5) is 13.2 Å². The molecular weight excluding hydrogens is 275 g/mol. The maximum absolute atomic E-state index is 12.5. The van der Waals surface area contributed by atoms with Crippen LogP contribution in [0.3, 0.4) is 0 Å². The molecule has 1 aliphatic rings. The van der Waals surface area contributed by atoms with E-state index in [9.17, 15) is 23.4 Å². The Labute approximate surface area is 104 Å². The Morgan fingerprint density at radius 1 is 1.39 bits per heavy atom. The monoisotopic (exact) mass is 281 g/mol. The van der Waals surface area contributed by atoms with E-state index >= 15 is 0 Å². The SMILES string of the molecule is Oc1ccc(Cl)cc1C1=NO[C@@](O)(C(F)(F)F)C1. The molecule has 0 spiro atoms. The van der Waals surface area contributed by atoms with Crippen LogP contribution in [0.1, 0.15) is 12.0 Å². The summed E-state index contributed by atoms with van der Waals surface area (Å²) < 4.78 is 37.4. The third-order valence-electron chi connectivity index (χ3n) is 2.43. The van der Waals surface area contributed by atoms with Crippen molar-refractivity contribution < 1.29 is 28.2 Å². The summed E-state index contributed by atoms with van der Waals surface area (Å²) in [5.74, 6) is -3.66. The van der Waals surface area contributed by atoms with Gasteiger partial charge in [0.25, 0.3) is 0 Å². The fraction of sp³-hybridized carbons (Fsp3) is 0.300. The lowest BCUT2D eigenvalue weighted by Crippen LogP contribution is -2.45. The molecule has 0 aliphatic carbocycles. The number of nitrogens with zero attached hydrogens (tertiary/aromatic N) is 1.